The van der Waals surface area contributed by atoms with Crippen molar-refractivity contribution in [1.29, 1.82) is 0 Å². The highest BCUT2D eigenvalue weighted by Gasteiger charge is 2.17. The van der Waals surface area contributed by atoms with Gasteiger partial charge in [-0.2, -0.15) is 4.98 Å². The highest BCUT2D eigenvalue weighted by molar-refractivity contribution is 5.90. The monoisotopic (exact) mass is 348 g/mol. The molecule has 2 N–H and O–H groups in total. The molecular formula is C21H24N4O. The maximum atomic E-state index is 5.45. The second kappa shape index (κ2) is 7.60. The van der Waals surface area contributed by atoms with Crippen LogP contribution >= 0.6 is 0 Å². The van der Waals surface area contributed by atoms with Gasteiger partial charge in [0.1, 0.15) is 11.6 Å². The second-order valence-corrected chi connectivity index (χ2v) is 6.70. The largest absolute Gasteiger partial charge is 0.496 e. The van der Waals surface area contributed by atoms with Gasteiger partial charge in [-0.3, -0.25) is 0 Å². The van der Waals surface area contributed by atoms with Crippen molar-refractivity contribution in [3.05, 3.63) is 54.1 Å². The van der Waals surface area contributed by atoms with E-state index in [-0.39, 0.29) is 0 Å². The van der Waals surface area contributed by atoms with Crippen LogP contribution in [-0.4, -0.2) is 23.1 Å². The smallest absolute Gasteiger partial charge is 0.225 e. The van der Waals surface area contributed by atoms with E-state index in [1.54, 1.807) is 7.11 Å². The van der Waals surface area contributed by atoms with Gasteiger partial charge in [0, 0.05) is 23.5 Å². The summed E-state index contributed by atoms with van der Waals surface area (Å²) in [5.41, 5.74) is 2.05. The summed E-state index contributed by atoms with van der Waals surface area (Å²) >= 11 is 0. The number of hydrogen-bond acceptors (Lipinski definition) is 5. The van der Waals surface area contributed by atoms with Gasteiger partial charge in [-0.1, -0.05) is 43.2 Å². The number of aromatic nitrogens is 2. The van der Waals surface area contributed by atoms with Crippen molar-refractivity contribution >= 4 is 22.7 Å². The number of ether oxygens (including phenoxy) is 1. The first-order valence-corrected chi connectivity index (χ1v) is 9.22. The zero-order valence-electron chi connectivity index (χ0n) is 15.0. The van der Waals surface area contributed by atoms with Crippen LogP contribution in [0.4, 0.5) is 11.8 Å². The highest BCUT2D eigenvalue weighted by Crippen LogP contribution is 2.26. The number of nitrogens with one attached hydrogen (secondary N) is 2. The average molecular weight is 348 g/mol. The summed E-state index contributed by atoms with van der Waals surface area (Å²) < 4.78 is 5.45. The Bertz CT molecular complexity index is 890. The van der Waals surface area contributed by atoms with Gasteiger partial charge in [0.05, 0.1) is 12.6 Å². The van der Waals surface area contributed by atoms with E-state index in [1.807, 2.05) is 36.4 Å². The van der Waals surface area contributed by atoms with Crippen molar-refractivity contribution in [2.45, 2.75) is 38.3 Å². The van der Waals surface area contributed by atoms with Crippen molar-refractivity contribution in [3.63, 3.8) is 0 Å². The predicted molar refractivity (Wildman–Crippen MR) is 106 cm³/mol. The standard InChI is InChI=1S/C21H24N4O/c1-26-19-13-7-2-8-15(19)14-22-20-17-11-5-6-12-18(17)24-21(25-20)23-16-9-3-4-10-16/h2,5-8,11-13,16H,3-4,9-10,14H2,1H3,(H2,22,23,24,25). The van der Waals surface area contributed by atoms with E-state index in [2.05, 4.69) is 22.8 Å². The molecule has 5 heteroatoms. The quantitative estimate of drug-likeness (QED) is 0.681. The van der Waals surface area contributed by atoms with Gasteiger partial charge in [0.15, 0.2) is 0 Å². The molecule has 1 heterocycles. The number of para-hydroxylation sites is 2. The molecule has 0 radical (unpaired) electrons. The van der Waals surface area contributed by atoms with Gasteiger partial charge >= 0.3 is 0 Å². The van der Waals surface area contributed by atoms with Gasteiger partial charge in [-0.15, -0.1) is 0 Å². The Kier molecular flexibility index (Phi) is 4.86. The number of hydrogen-bond donors (Lipinski definition) is 2. The third kappa shape index (κ3) is 3.57. The Morgan fingerprint density at radius 2 is 1.77 bits per heavy atom. The number of nitrogens with zero attached hydrogens (tertiary/aromatic N) is 2. The van der Waals surface area contributed by atoms with Crippen molar-refractivity contribution in [2.24, 2.45) is 0 Å². The van der Waals surface area contributed by atoms with Crippen molar-refractivity contribution in [3.8, 4) is 5.75 Å². The zero-order valence-corrected chi connectivity index (χ0v) is 15.0. The van der Waals surface area contributed by atoms with Gasteiger partial charge in [0.2, 0.25) is 5.95 Å². The third-order valence-electron chi connectivity index (χ3n) is 4.93. The summed E-state index contributed by atoms with van der Waals surface area (Å²) in [5, 5.41) is 8.01. The molecule has 2 aromatic carbocycles. The predicted octanol–water partition coefficient (Wildman–Crippen LogP) is 4.61. The molecule has 0 atom stereocenters. The Balaban J connectivity index is 1.61. The molecule has 1 aromatic heterocycles. The van der Waals surface area contributed by atoms with Crippen LogP contribution in [0.2, 0.25) is 0 Å². The van der Waals surface area contributed by atoms with Crippen molar-refractivity contribution in [1.82, 2.24) is 9.97 Å². The fraction of sp³-hybridized carbons (Fsp3) is 0.333. The van der Waals surface area contributed by atoms with E-state index < -0.39 is 0 Å². The fourth-order valence-electron chi connectivity index (χ4n) is 3.56. The molecule has 1 aliphatic rings. The molecule has 3 aromatic rings. The van der Waals surface area contributed by atoms with Crippen molar-refractivity contribution in [2.75, 3.05) is 17.7 Å². The molecule has 0 aliphatic heterocycles. The van der Waals surface area contributed by atoms with Crippen molar-refractivity contribution < 1.29 is 4.74 Å². The topological polar surface area (TPSA) is 59.1 Å². The molecule has 0 saturated heterocycles. The van der Waals surface area contributed by atoms with Crippen LogP contribution in [0.3, 0.4) is 0 Å². The van der Waals surface area contributed by atoms with E-state index in [0.717, 1.165) is 28.0 Å². The highest BCUT2D eigenvalue weighted by atomic mass is 16.5. The van der Waals surface area contributed by atoms with E-state index in [0.29, 0.717) is 18.5 Å². The molecule has 5 nitrogen and oxygen atoms in total. The Morgan fingerprint density at radius 1 is 1.00 bits per heavy atom. The molecular weight excluding hydrogens is 324 g/mol. The molecule has 4 rings (SSSR count). The van der Waals surface area contributed by atoms with Crippen LogP contribution in [0.25, 0.3) is 10.9 Å². The second-order valence-electron chi connectivity index (χ2n) is 6.70. The third-order valence-corrected chi connectivity index (χ3v) is 4.93. The van der Waals surface area contributed by atoms with E-state index in [1.165, 1.54) is 25.7 Å². The normalized spacial score (nSPS) is 14.5. The molecule has 1 aliphatic carbocycles. The van der Waals surface area contributed by atoms with E-state index >= 15 is 0 Å². The van der Waals surface area contributed by atoms with Crippen LogP contribution < -0.4 is 15.4 Å². The SMILES string of the molecule is COc1ccccc1CNc1nc(NC2CCCC2)nc2ccccc12. The molecule has 26 heavy (non-hydrogen) atoms. The lowest BCUT2D eigenvalue weighted by Gasteiger charge is -2.15. The lowest BCUT2D eigenvalue weighted by atomic mass is 10.2. The van der Waals surface area contributed by atoms with E-state index in [9.17, 15) is 0 Å². The van der Waals surface area contributed by atoms with E-state index in [4.69, 9.17) is 14.7 Å². The minimum Gasteiger partial charge on any atom is -0.496 e. The lowest BCUT2D eigenvalue weighted by Crippen LogP contribution is -2.17. The fourth-order valence-corrected chi connectivity index (χ4v) is 3.56. The molecule has 1 saturated carbocycles. The molecule has 0 amide bonds. The molecule has 1 fully saturated rings. The first-order chi connectivity index (χ1) is 12.8. The Labute approximate surface area is 153 Å². The molecule has 0 bridgehead atoms. The molecule has 0 spiro atoms. The number of methoxy groups -OCH3 is 1. The summed E-state index contributed by atoms with van der Waals surface area (Å²) in [6.45, 7) is 0.647. The maximum absolute atomic E-state index is 5.45. The first kappa shape index (κ1) is 16.6. The Hall–Kier alpha value is -2.82. The Morgan fingerprint density at radius 3 is 2.62 bits per heavy atom. The van der Waals surface area contributed by atoms with Gasteiger partial charge in [-0.25, -0.2) is 4.98 Å². The average Bonchev–Trinajstić information content (AvgIpc) is 3.19. The maximum Gasteiger partial charge on any atom is 0.225 e. The summed E-state index contributed by atoms with van der Waals surface area (Å²) in [6.07, 6.45) is 4.95. The van der Waals surface area contributed by atoms with Crippen LogP contribution in [0.15, 0.2) is 48.5 Å². The van der Waals surface area contributed by atoms with Gasteiger partial charge in [0.25, 0.3) is 0 Å². The minimum atomic E-state index is 0.484. The number of fused-ring (bicyclic) bond motifs is 1. The zero-order chi connectivity index (χ0) is 17.8. The summed E-state index contributed by atoms with van der Waals surface area (Å²) in [7, 11) is 1.70. The first-order valence-electron chi connectivity index (χ1n) is 9.22. The lowest BCUT2D eigenvalue weighted by molar-refractivity contribution is 0.410. The molecule has 134 valence electrons. The summed E-state index contributed by atoms with van der Waals surface area (Å²) in [4.78, 5) is 9.46. The van der Waals surface area contributed by atoms with Crippen LogP contribution in [0.1, 0.15) is 31.2 Å². The summed E-state index contributed by atoms with van der Waals surface area (Å²) in [6, 6.07) is 16.6. The number of anilines is 2. The minimum absolute atomic E-state index is 0.484. The summed E-state index contributed by atoms with van der Waals surface area (Å²) in [5.74, 6) is 2.43. The van der Waals surface area contributed by atoms with Gasteiger partial charge in [-0.05, 0) is 31.0 Å². The van der Waals surface area contributed by atoms with Gasteiger partial charge < -0.3 is 15.4 Å². The number of benzene rings is 2. The molecule has 0 unspecified atom stereocenters. The van der Waals surface area contributed by atoms with Crippen LogP contribution in [0.5, 0.6) is 5.75 Å². The van der Waals surface area contributed by atoms with Crippen LogP contribution in [-0.2, 0) is 6.54 Å². The number of rotatable bonds is 6. The van der Waals surface area contributed by atoms with Crippen LogP contribution in [0, 0.1) is 0 Å².